The Labute approximate surface area is 93.4 Å². The van der Waals surface area contributed by atoms with Gasteiger partial charge in [0.15, 0.2) is 5.78 Å². The number of allylic oxidation sites excluding steroid dienone is 1. The van der Waals surface area contributed by atoms with Crippen molar-refractivity contribution >= 4 is 17.7 Å². The minimum atomic E-state index is -1.26. The van der Waals surface area contributed by atoms with Crippen molar-refractivity contribution in [3.05, 3.63) is 12.2 Å². The number of esters is 2. The number of carbonyl (C=O) groups excluding carboxylic acids is 3. The van der Waals surface area contributed by atoms with E-state index in [2.05, 4.69) is 4.74 Å². The van der Waals surface area contributed by atoms with E-state index in [4.69, 9.17) is 4.74 Å². The van der Waals surface area contributed by atoms with Gasteiger partial charge in [0.2, 0.25) is 0 Å². The predicted octanol–water partition coefficient (Wildman–Crippen LogP) is 0.626. The molecule has 0 radical (unpaired) electrons. The van der Waals surface area contributed by atoms with E-state index in [0.29, 0.717) is 0 Å². The topological polar surface area (TPSA) is 69.7 Å². The standard InChI is InChI=1S/C11H14O5/c1-7(12)16-8-4-5-9(13)11(2,6-8)10(14)15-3/h4-5,8H,6H2,1-3H3/t8-,11+/m1/s1. The molecule has 5 heteroatoms. The number of ketones is 1. The van der Waals surface area contributed by atoms with E-state index in [-0.39, 0.29) is 12.2 Å². The van der Waals surface area contributed by atoms with Crippen molar-refractivity contribution in [1.82, 2.24) is 0 Å². The summed E-state index contributed by atoms with van der Waals surface area (Å²) in [5, 5.41) is 0. The minimum Gasteiger partial charge on any atom is -0.468 e. The molecule has 0 spiro atoms. The molecule has 88 valence electrons. The molecule has 0 aromatic heterocycles. The summed E-state index contributed by atoms with van der Waals surface area (Å²) < 4.78 is 9.53. The molecule has 5 nitrogen and oxygen atoms in total. The summed E-state index contributed by atoms with van der Waals surface area (Å²) in [7, 11) is 1.22. The fraction of sp³-hybridized carbons (Fsp3) is 0.545. The number of hydrogen-bond donors (Lipinski definition) is 0. The summed E-state index contributed by atoms with van der Waals surface area (Å²) >= 11 is 0. The van der Waals surface area contributed by atoms with Gasteiger partial charge in [-0.1, -0.05) is 0 Å². The molecule has 1 rings (SSSR count). The molecule has 2 atom stereocenters. The van der Waals surface area contributed by atoms with E-state index in [0.717, 1.165) is 0 Å². The highest BCUT2D eigenvalue weighted by molar-refractivity contribution is 6.09. The van der Waals surface area contributed by atoms with Crippen molar-refractivity contribution in [2.24, 2.45) is 5.41 Å². The zero-order valence-electron chi connectivity index (χ0n) is 9.48. The summed E-state index contributed by atoms with van der Waals surface area (Å²) in [5.41, 5.74) is -1.26. The molecule has 0 bridgehead atoms. The molecule has 0 saturated heterocycles. The van der Waals surface area contributed by atoms with Crippen LogP contribution in [0.5, 0.6) is 0 Å². The highest BCUT2D eigenvalue weighted by Gasteiger charge is 2.45. The van der Waals surface area contributed by atoms with Crippen LogP contribution in [0, 0.1) is 5.41 Å². The van der Waals surface area contributed by atoms with Crippen molar-refractivity contribution in [2.45, 2.75) is 26.4 Å². The van der Waals surface area contributed by atoms with E-state index in [1.54, 1.807) is 0 Å². The second kappa shape index (κ2) is 4.47. The third kappa shape index (κ3) is 2.29. The first-order valence-electron chi connectivity index (χ1n) is 4.88. The lowest BCUT2D eigenvalue weighted by atomic mass is 9.76. The molecule has 0 aliphatic heterocycles. The largest absolute Gasteiger partial charge is 0.468 e. The number of hydrogen-bond acceptors (Lipinski definition) is 5. The Morgan fingerprint density at radius 1 is 1.50 bits per heavy atom. The Bertz CT molecular complexity index is 357. The van der Waals surface area contributed by atoms with Gasteiger partial charge in [-0.25, -0.2) is 0 Å². The van der Waals surface area contributed by atoms with Crippen LogP contribution in [-0.4, -0.2) is 30.9 Å². The minimum absolute atomic E-state index is 0.120. The molecule has 0 amide bonds. The van der Waals surface area contributed by atoms with E-state index in [1.165, 1.54) is 33.1 Å². The number of ether oxygens (including phenoxy) is 2. The molecular formula is C11H14O5. The average molecular weight is 226 g/mol. The maximum Gasteiger partial charge on any atom is 0.319 e. The van der Waals surface area contributed by atoms with Gasteiger partial charge in [0.05, 0.1) is 7.11 Å². The summed E-state index contributed by atoms with van der Waals surface area (Å²) in [6, 6.07) is 0. The number of rotatable bonds is 2. The van der Waals surface area contributed by atoms with Crippen LogP contribution in [0.1, 0.15) is 20.3 Å². The Balaban J connectivity index is 2.89. The molecule has 0 fully saturated rings. The van der Waals surface area contributed by atoms with Gasteiger partial charge in [0.25, 0.3) is 0 Å². The SMILES string of the molecule is COC(=O)[C@@]1(C)C[C@H](OC(C)=O)C=CC1=O. The van der Waals surface area contributed by atoms with Gasteiger partial charge in [-0.05, 0) is 19.1 Å². The first kappa shape index (κ1) is 12.4. The molecule has 1 aliphatic rings. The Morgan fingerprint density at radius 3 is 2.62 bits per heavy atom. The van der Waals surface area contributed by atoms with Gasteiger partial charge in [-0.2, -0.15) is 0 Å². The third-order valence-electron chi connectivity index (χ3n) is 2.57. The second-order valence-electron chi connectivity index (χ2n) is 3.90. The zero-order valence-corrected chi connectivity index (χ0v) is 9.48. The summed E-state index contributed by atoms with van der Waals surface area (Å²) in [6.45, 7) is 2.76. The Morgan fingerprint density at radius 2 is 2.12 bits per heavy atom. The zero-order chi connectivity index (χ0) is 12.3. The van der Waals surface area contributed by atoms with E-state index in [9.17, 15) is 14.4 Å². The monoisotopic (exact) mass is 226 g/mol. The van der Waals surface area contributed by atoms with Crippen LogP contribution in [0.3, 0.4) is 0 Å². The molecule has 0 heterocycles. The average Bonchev–Trinajstić information content (AvgIpc) is 2.21. The van der Waals surface area contributed by atoms with Gasteiger partial charge in [0.1, 0.15) is 11.5 Å². The first-order chi connectivity index (χ1) is 7.40. The molecule has 0 aromatic rings. The number of methoxy groups -OCH3 is 1. The summed E-state index contributed by atoms with van der Waals surface area (Å²) in [5.74, 6) is -1.39. The van der Waals surface area contributed by atoms with Gasteiger partial charge in [-0.3, -0.25) is 14.4 Å². The summed E-state index contributed by atoms with van der Waals surface area (Å²) in [4.78, 5) is 33.9. The quantitative estimate of drug-likeness (QED) is 0.510. The molecule has 16 heavy (non-hydrogen) atoms. The lowest BCUT2D eigenvalue weighted by Crippen LogP contribution is -2.42. The van der Waals surface area contributed by atoms with Gasteiger partial charge >= 0.3 is 11.9 Å². The van der Waals surface area contributed by atoms with Crippen LogP contribution in [0.15, 0.2) is 12.2 Å². The fourth-order valence-electron chi connectivity index (χ4n) is 1.65. The first-order valence-corrected chi connectivity index (χ1v) is 4.88. The van der Waals surface area contributed by atoms with Crippen LogP contribution in [0.25, 0.3) is 0 Å². The predicted molar refractivity (Wildman–Crippen MR) is 54.4 cm³/mol. The van der Waals surface area contributed by atoms with E-state index in [1.807, 2.05) is 0 Å². The second-order valence-corrected chi connectivity index (χ2v) is 3.90. The lowest BCUT2D eigenvalue weighted by molar-refractivity contribution is -0.161. The summed E-state index contributed by atoms with van der Waals surface area (Å²) in [6.07, 6.45) is 2.30. The molecule has 0 aromatic carbocycles. The normalized spacial score (nSPS) is 28.7. The molecular weight excluding hydrogens is 212 g/mol. The highest BCUT2D eigenvalue weighted by Crippen LogP contribution is 2.32. The maximum absolute atomic E-state index is 11.6. The molecule has 0 unspecified atom stereocenters. The molecule has 0 saturated carbocycles. The molecule has 1 aliphatic carbocycles. The maximum atomic E-state index is 11.6. The van der Waals surface area contributed by atoms with Gasteiger partial charge < -0.3 is 9.47 Å². The van der Waals surface area contributed by atoms with Crippen LogP contribution in [0.2, 0.25) is 0 Å². The Hall–Kier alpha value is -1.65. The van der Waals surface area contributed by atoms with Crippen molar-refractivity contribution in [3.8, 4) is 0 Å². The van der Waals surface area contributed by atoms with Crippen LogP contribution in [-0.2, 0) is 23.9 Å². The fourth-order valence-corrected chi connectivity index (χ4v) is 1.65. The van der Waals surface area contributed by atoms with Gasteiger partial charge in [-0.15, -0.1) is 0 Å². The third-order valence-corrected chi connectivity index (χ3v) is 2.57. The van der Waals surface area contributed by atoms with Crippen molar-refractivity contribution in [3.63, 3.8) is 0 Å². The Kier molecular flexibility index (Phi) is 3.47. The smallest absolute Gasteiger partial charge is 0.319 e. The van der Waals surface area contributed by atoms with Crippen molar-refractivity contribution in [2.75, 3.05) is 7.11 Å². The van der Waals surface area contributed by atoms with E-state index < -0.39 is 23.5 Å². The number of carbonyl (C=O) groups is 3. The van der Waals surface area contributed by atoms with Crippen molar-refractivity contribution in [1.29, 1.82) is 0 Å². The van der Waals surface area contributed by atoms with Crippen molar-refractivity contribution < 1.29 is 23.9 Å². The van der Waals surface area contributed by atoms with Crippen LogP contribution in [0.4, 0.5) is 0 Å². The van der Waals surface area contributed by atoms with Crippen LogP contribution >= 0.6 is 0 Å². The van der Waals surface area contributed by atoms with E-state index >= 15 is 0 Å². The lowest BCUT2D eigenvalue weighted by Gasteiger charge is -2.30. The van der Waals surface area contributed by atoms with Gasteiger partial charge in [0, 0.05) is 13.3 Å². The van der Waals surface area contributed by atoms with Crippen LogP contribution < -0.4 is 0 Å². The molecule has 0 N–H and O–H groups in total. The highest BCUT2D eigenvalue weighted by atomic mass is 16.5.